The minimum Gasteiger partial charge on any atom is -0.493 e. The number of esters is 1. The SMILES string of the molecule is CCOc1cc([C@H]2NC(=O)NC(C)=C2C(=O)OC)ccc1OC[C@@H](O)N/N=C\c1cc(Br)c(OCc2cccc(F)c2)c(OC)c1. The van der Waals surface area contributed by atoms with E-state index in [1.165, 1.54) is 32.6 Å². The molecule has 3 aromatic carbocycles. The van der Waals surface area contributed by atoms with Crippen LogP contribution >= 0.6 is 15.9 Å². The van der Waals surface area contributed by atoms with Crippen LogP contribution in [0, 0.1) is 5.82 Å². The van der Waals surface area contributed by atoms with E-state index in [0.717, 1.165) is 0 Å². The third-order valence-electron chi connectivity index (χ3n) is 6.63. The van der Waals surface area contributed by atoms with Crippen LogP contribution in [0.25, 0.3) is 0 Å². The lowest BCUT2D eigenvalue weighted by Gasteiger charge is -2.28. The zero-order chi connectivity index (χ0) is 33.2. The van der Waals surface area contributed by atoms with Crippen molar-refractivity contribution in [3.63, 3.8) is 0 Å². The fourth-order valence-corrected chi connectivity index (χ4v) is 5.13. The number of aliphatic hydroxyl groups excluding tert-OH is 1. The molecule has 3 aromatic rings. The average molecular weight is 702 g/mol. The summed E-state index contributed by atoms with van der Waals surface area (Å²) >= 11 is 3.48. The maximum absolute atomic E-state index is 13.5. The van der Waals surface area contributed by atoms with Gasteiger partial charge in [-0.05, 0) is 82.9 Å². The van der Waals surface area contributed by atoms with Crippen LogP contribution in [0.4, 0.5) is 9.18 Å². The van der Waals surface area contributed by atoms with E-state index in [1.54, 1.807) is 56.3 Å². The van der Waals surface area contributed by atoms with Crippen molar-refractivity contribution in [2.75, 3.05) is 27.4 Å². The minimum absolute atomic E-state index is 0.140. The molecule has 4 rings (SSSR count). The number of ether oxygens (including phenoxy) is 5. The number of rotatable bonds is 14. The van der Waals surface area contributed by atoms with Crippen LogP contribution in [0.3, 0.4) is 0 Å². The lowest BCUT2D eigenvalue weighted by molar-refractivity contribution is -0.136. The van der Waals surface area contributed by atoms with Gasteiger partial charge in [-0.2, -0.15) is 5.10 Å². The number of nitrogens with one attached hydrogen (secondary N) is 3. The molecular weight excluding hydrogens is 667 g/mol. The zero-order valence-corrected chi connectivity index (χ0v) is 27.1. The van der Waals surface area contributed by atoms with Gasteiger partial charge in [0.15, 0.2) is 29.2 Å². The third kappa shape index (κ3) is 8.67. The second-order valence-corrected chi connectivity index (χ2v) is 10.7. The summed E-state index contributed by atoms with van der Waals surface area (Å²) < 4.78 is 41.9. The van der Waals surface area contributed by atoms with E-state index in [9.17, 15) is 19.1 Å². The quantitative estimate of drug-likeness (QED) is 0.0813. The van der Waals surface area contributed by atoms with E-state index >= 15 is 0 Å². The average Bonchev–Trinajstić information content (AvgIpc) is 3.03. The summed E-state index contributed by atoms with van der Waals surface area (Å²) in [6, 6.07) is 13.3. The highest BCUT2D eigenvalue weighted by Gasteiger charge is 2.32. The van der Waals surface area contributed by atoms with Crippen molar-refractivity contribution < 1.29 is 42.8 Å². The normalized spacial score (nSPS) is 15.1. The largest absolute Gasteiger partial charge is 0.493 e. The van der Waals surface area contributed by atoms with E-state index in [2.05, 4.69) is 37.1 Å². The first-order valence-corrected chi connectivity index (χ1v) is 14.9. The molecule has 244 valence electrons. The number of hydrogen-bond acceptors (Lipinski definition) is 10. The second kappa shape index (κ2) is 16.0. The Morgan fingerprint density at radius 2 is 1.91 bits per heavy atom. The van der Waals surface area contributed by atoms with Crippen molar-refractivity contribution in [2.45, 2.75) is 32.7 Å². The Morgan fingerprint density at radius 3 is 2.63 bits per heavy atom. The van der Waals surface area contributed by atoms with Crippen molar-refractivity contribution in [2.24, 2.45) is 5.10 Å². The first kappa shape index (κ1) is 34.1. The van der Waals surface area contributed by atoms with Crippen LogP contribution in [0.1, 0.15) is 36.6 Å². The fourth-order valence-electron chi connectivity index (χ4n) is 4.56. The lowest BCUT2D eigenvalue weighted by atomic mass is 9.95. The maximum atomic E-state index is 13.5. The number of hydrogen-bond donors (Lipinski definition) is 4. The van der Waals surface area contributed by atoms with Crippen LogP contribution in [0.2, 0.25) is 0 Å². The molecule has 0 bridgehead atoms. The monoisotopic (exact) mass is 700 g/mol. The molecule has 0 fully saturated rings. The van der Waals surface area contributed by atoms with E-state index in [-0.39, 0.29) is 24.6 Å². The van der Waals surface area contributed by atoms with Crippen molar-refractivity contribution in [1.82, 2.24) is 16.1 Å². The van der Waals surface area contributed by atoms with Gasteiger partial charge in [-0.15, -0.1) is 0 Å². The molecular formula is C32H34BrFN4O8. The van der Waals surface area contributed by atoms with Crippen LogP contribution in [0.5, 0.6) is 23.0 Å². The topological polar surface area (TPSA) is 149 Å². The number of carbonyl (C=O) groups excluding carboxylic acids is 2. The molecule has 12 nitrogen and oxygen atoms in total. The molecule has 2 amide bonds. The molecule has 0 saturated heterocycles. The minimum atomic E-state index is -1.19. The predicted molar refractivity (Wildman–Crippen MR) is 170 cm³/mol. The summed E-state index contributed by atoms with van der Waals surface area (Å²) in [6.45, 7) is 3.69. The molecule has 0 aliphatic carbocycles. The highest BCUT2D eigenvalue weighted by atomic mass is 79.9. The summed E-state index contributed by atoms with van der Waals surface area (Å²) in [5.41, 5.74) is 5.11. The van der Waals surface area contributed by atoms with E-state index in [0.29, 0.717) is 56.5 Å². The third-order valence-corrected chi connectivity index (χ3v) is 7.22. The first-order valence-electron chi connectivity index (χ1n) is 14.1. The summed E-state index contributed by atoms with van der Waals surface area (Å²) in [5, 5.41) is 19.9. The molecule has 0 radical (unpaired) electrons. The molecule has 1 aliphatic rings. The van der Waals surface area contributed by atoms with Gasteiger partial charge < -0.3 is 39.4 Å². The number of carbonyl (C=O) groups is 2. The van der Waals surface area contributed by atoms with E-state index in [4.69, 9.17) is 23.7 Å². The first-order chi connectivity index (χ1) is 22.1. The lowest BCUT2D eigenvalue weighted by Crippen LogP contribution is -2.45. The Labute approximate surface area is 273 Å². The summed E-state index contributed by atoms with van der Waals surface area (Å²) in [6.07, 6.45) is 0.291. The molecule has 14 heteroatoms. The molecule has 0 unspecified atom stereocenters. The molecule has 1 aliphatic heterocycles. The molecule has 46 heavy (non-hydrogen) atoms. The Morgan fingerprint density at radius 1 is 1.11 bits per heavy atom. The van der Waals surface area contributed by atoms with E-state index in [1.807, 2.05) is 0 Å². The van der Waals surface area contributed by atoms with Crippen molar-refractivity contribution in [3.05, 3.63) is 92.8 Å². The number of benzene rings is 3. The standard InChI is InChI=1S/C32H34BrFN4O8/c1-5-44-25-14-21(29-28(31(40)43-4)18(2)36-32(41)37-29)9-10-24(25)45-17-27(39)38-35-15-20-12-23(33)30(26(13-20)42-3)46-16-19-7-6-8-22(34)11-19/h6-15,27,29,38-39H,5,16-17H2,1-4H3,(H2,36,37,41)/b35-15-/t27-,29-/m1/s1. The summed E-state index contributed by atoms with van der Waals surface area (Å²) in [5.74, 6) is 0.617. The molecule has 0 spiro atoms. The highest BCUT2D eigenvalue weighted by Crippen LogP contribution is 2.37. The van der Waals surface area contributed by atoms with Crippen molar-refractivity contribution in [3.8, 4) is 23.0 Å². The van der Waals surface area contributed by atoms with Crippen LogP contribution < -0.4 is 35.0 Å². The van der Waals surface area contributed by atoms with E-state index < -0.39 is 24.3 Å². The summed E-state index contributed by atoms with van der Waals surface area (Å²) in [7, 11) is 2.76. The van der Waals surface area contributed by atoms with Gasteiger partial charge in [-0.25, -0.2) is 14.0 Å². The van der Waals surface area contributed by atoms with Gasteiger partial charge in [0, 0.05) is 5.70 Å². The van der Waals surface area contributed by atoms with Crippen LogP contribution in [-0.2, 0) is 16.1 Å². The summed E-state index contributed by atoms with van der Waals surface area (Å²) in [4.78, 5) is 24.6. The molecule has 2 atom stereocenters. The molecule has 0 aromatic heterocycles. The van der Waals surface area contributed by atoms with Gasteiger partial charge in [0.05, 0.1) is 43.1 Å². The number of hydrazone groups is 1. The number of aliphatic hydroxyl groups is 1. The number of methoxy groups -OCH3 is 2. The second-order valence-electron chi connectivity index (χ2n) is 9.87. The van der Waals surface area contributed by atoms with Gasteiger partial charge in [-0.1, -0.05) is 18.2 Å². The maximum Gasteiger partial charge on any atom is 0.337 e. The number of nitrogens with zero attached hydrogens (tertiary/aromatic N) is 1. The Hall–Kier alpha value is -4.82. The van der Waals surface area contributed by atoms with Gasteiger partial charge in [-0.3, -0.25) is 5.43 Å². The number of amides is 2. The van der Waals surface area contributed by atoms with Crippen molar-refractivity contribution >= 4 is 34.1 Å². The van der Waals surface area contributed by atoms with Crippen LogP contribution in [-0.4, -0.2) is 57.0 Å². The zero-order valence-electron chi connectivity index (χ0n) is 25.6. The van der Waals surface area contributed by atoms with Gasteiger partial charge in [0.2, 0.25) is 0 Å². The Bertz CT molecular complexity index is 1630. The smallest absolute Gasteiger partial charge is 0.337 e. The molecule has 4 N–H and O–H groups in total. The fraction of sp³-hybridized carbons (Fsp3) is 0.281. The van der Waals surface area contributed by atoms with Gasteiger partial charge in [0.25, 0.3) is 0 Å². The number of urea groups is 1. The highest BCUT2D eigenvalue weighted by molar-refractivity contribution is 9.10. The van der Waals surface area contributed by atoms with Gasteiger partial charge in [0.1, 0.15) is 19.0 Å². The van der Waals surface area contributed by atoms with Crippen LogP contribution in [0.15, 0.2) is 75.4 Å². The Balaban J connectivity index is 1.39. The number of allylic oxidation sites excluding steroid dienone is 1. The predicted octanol–water partition coefficient (Wildman–Crippen LogP) is 4.70. The van der Waals surface area contributed by atoms with Gasteiger partial charge >= 0.3 is 12.0 Å². The molecule has 0 saturated carbocycles. The van der Waals surface area contributed by atoms with Crippen molar-refractivity contribution in [1.29, 1.82) is 0 Å². The Kier molecular flexibility index (Phi) is 11.8. The molecule has 1 heterocycles. The number of halogens is 2.